The number of carbonyl (C=O) groups excluding carboxylic acids is 1. The number of ketones is 1. The summed E-state index contributed by atoms with van der Waals surface area (Å²) in [5, 5.41) is 0. The van der Waals surface area contributed by atoms with Crippen LogP contribution in [0.1, 0.15) is 48.4 Å². The molecule has 0 aliphatic rings. The topological polar surface area (TPSA) is 17.1 Å². The first-order valence-electron chi connectivity index (χ1n) is 5.71. The van der Waals surface area contributed by atoms with Crippen molar-refractivity contribution in [2.75, 3.05) is 0 Å². The maximum Gasteiger partial charge on any atom is 0.130 e. The predicted molar refractivity (Wildman–Crippen MR) is 66.7 cm³/mol. The van der Waals surface area contributed by atoms with Crippen LogP contribution < -0.4 is 0 Å². The molecule has 0 amide bonds. The van der Waals surface area contributed by atoms with Crippen molar-refractivity contribution in [1.82, 2.24) is 0 Å². The minimum absolute atomic E-state index is 0.288. The number of hydrogen-bond donors (Lipinski definition) is 0. The zero-order chi connectivity index (χ0) is 11.3. The summed E-state index contributed by atoms with van der Waals surface area (Å²) in [5.74, 6) is 0.288. The van der Waals surface area contributed by atoms with Gasteiger partial charge in [0.25, 0.3) is 0 Å². The van der Waals surface area contributed by atoms with Crippen LogP contribution in [-0.4, -0.2) is 5.78 Å². The molecule has 0 N–H and O–H groups in total. The molecule has 0 spiro atoms. The quantitative estimate of drug-likeness (QED) is 0.715. The highest BCUT2D eigenvalue weighted by Crippen LogP contribution is 2.24. The van der Waals surface area contributed by atoms with Gasteiger partial charge in [0.2, 0.25) is 0 Å². The second-order valence-corrected chi connectivity index (χ2v) is 5.35. The Kier molecular flexibility index (Phi) is 5.03. The van der Waals surface area contributed by atoms with Crippen LogP contribution in [0, 0.1) is 6.92 Å². The van der Waals surface area contributed by atoms with Gasteiger partial charge in [-0.15, -0.1) is 11.3 Å². The molecule has 1 nitrogen and oxygen atoms in total. The van der Waals surface area contributed by atoms with Crippen molar-refractivity contribution in [3.63, 3.8) is 0 Å². The third-order valence-electron chi connectivity index (χ3n) is 2.55. The molecular formula is C13H20OS. The van der Waals surface area contributed by atoms with Crippen LogP contribution >= 0.6 is 11.3 Å². The summed E-state index contributed by atoms with van der Waals surface area (Å²) in [7, 11) is 0. The summed E-state index contributed by atoms with van der Waals surface area (Å²) in [4.78, 5) is 13.8. The van der Waals surface area contributed by atoms with E-state index in [0.29, 0.717) is 6.42 Å². The van der Waals surface area contributed by atoms with Gasteiger partial charge in [-0.05, 0) is 44.7 Å². The molecule has 0 saturated carbocycles. The Labute approximate surface area is 96.5 Å². The third kappa shape index (κ3) is 4.17. The van der Waals surface area contributed by atoms with Crippen molar-refractivity contribution < 1.29 is 4.79 Å². The van der Waals surface area contributed by atoms with E-state index in [1.165, 1.54) is 34.6 Å². The highest BCUT2D eigenvalue weighted by Gasteiger charge is 2.05. The van der Waals surface area contributed by atoms with E-state index in [4.69, 9.17) is 0 Å². The Bertz CT molecular complexity index is 325. The van der Waals surface area contributed by atoms with Gasteiger partial charge in [0.1, 0.15) is 5.78 Å². The van der Waals surface area contributed by atoms with Gasteiger partial charge in [-0.25, -0.2) is 0 Å². The molecule has 1 aromatic rings. The van der Waals surface area contributed by atoms with E-state index in [1.54, 1.807) is 6.92 Å². The number of thiophene rings is 1. The molecule has 0 aromatic carbocycles. The SMILES string of the molecule is CCCCc1sc(CCC(C)=O)cc1C. The Morgan fingerprint density at radius 3 is 2.73 bits per heavy atom. The van der Waals surface area contributed by atoms with Gasteiger partial charge in [0.05, 0.1) is 0 Å². The van der Waals surface area contributed by atoms with Crippen molar-refractivity contribution >= 4 is 17.1 Å². The van der Waals surface area contributed by atoms with Crippen LogP contribution in [-0.2, 0) is 17.6 Å². The summed E-state index contributed by atoms with van der Waals surface area (Å²) in [6, 6.07) is 2.25. The largest absolute Gasteiger partial charge is 0.300 e. The molecule has 2 heteroatoms. The maximum atomic E-state index is 10.9. The minimum atomic E-state index is 0.288. The fraction of sp³-hybridized carbons (Fsp3) is 0.615. The van der Waals surface area contributed by atoms with E-state index in [-0.39, 0.29) is 5.78 Å². The lowest BCUT2D eigenvalue weighted by Gasteiger charge is -1.96. The number of Topliss-reactive ketones (excluding diaryl/α,β-unsaturated/α-hetero) is 1. The molecule has 0 saturated heterocycles. The summed E-state index contributed by atoms with van der Waals surface area (Å²) >= 11 is 1.89. The van der Waals surface area contributed by atoms with Crippen molar-refractivity contribution in [2.45, 2.75) is 52.9 Å². The third-order valence-corrected chi connectivity index (χ3v) is 3.91. The number of unbranched alkanes of at least 4 members (excludes halogenated alkanes) is 1. The number of rotatable bonds is 6. The minimum Gasteiger partial charge on any atom is -0.300 e. The van der Waals surface area contributed by atoms with Crippen molar-refractivity contribution in [2.24, 2.45) is 0 Å². The molecule has 0 bridgehead atoms. The molecule has 1 aromatic heterocycles. The van der Waals surface area contributed by atoms with E-state index in [2.05, 4.69) is 19.9 Å². The fourth-order valence-electron chi connectivity index (χ4n) is 1.60. The molecule has 0 unspecified atom stereocenters. The van der Waals surface area contributed by atoms with Gasteiger partial charge in [-0.1, -0.05) is 13.3 Å². The van der Waals surface area contributed by atoms with Crippen molar-refractivity contribution in [3.8, 4) is 0 Å². The standard InChI is InChI=1S/C13H20OS/c1-4-5-6-13-10(2)9-12(15-13)8-7-11(3)14/h9H,4-8H2,1-3H3. The summed E-state index contributed by atoms with van der Waals surface area (Å²) in [6.45, 7) is 6.07. The highest BCUT2D eigenvalue weighted by molar-refractivity contribution is 7.12. The fourth-order valence-corrected chi connectivity index (χ4v) is 2.82. The van der Waals surface area contributed by atoms with Crippen LogP contribution in [0.25, 0.3) is 0 Å². The van der Waals surface area contributed by atoms with E-state index in [9.17, 15) is 4.79 Å². The van der Waals surface area contributed by atoms with Crippen LogP contribution in [0.15, 0.2) is 6.07 Å². The zero-order valence-corrected chi connectivity index (χ0v) is 10.7. The summed E-state index contributed by atoms with van der Waals surface area (Å²) in [5.41, 5.74) is 1.41. The van der Waals surface area contributed by atoms with Crippen LogP contribution in [0.4, 0.5) is 0 Å². The lowest BCUT2D eigenvalue weighted by molar-refractivity contribution is -0.116. The first-order valence-corrected chi connectivity index (χ1v) is 6.52. The second kappa shape index (κ2) is 6.06. The van der Waals surface area contributed by atoms with Crippen LogP contribution in [0.2, 0.25) is 0 Å². The first kappa shape index (κ1) is 12.4. The summed E-state index contributed by atoms with van der Waals surface area (Å²) in [6.07, 6.45) is 5.33. The van der Waals surface area contributed by atoms with Gasteiger partial charge in [-0.3, -0.25) is 0 Å². The number of aryl methyl sites for hydroxylation is 3. The normalized spacial score (nSPS) is 10.6. The van der Waals surface area contributed by atoms with E-state index in [0.717, 1.165) is 6.42 Å². The first-order chi connectivity index (χ1) is 7.13. The average Bonchev–Trinajstić information content (AvgIpc) is 2.53. The molecule has 0 fully saturated rings. The lowest BCUT2D eigenvalue weighted by Crippen LogP contribution is -1.91. The van der Waals surface area contributed by atoms with Crippen molar-refractivity contribution in [1.29, 1.82) is 0 Å². The number of hydrogen-bond acceptors (Lipinski definition) is 2. The van der Waals surface area contributed by atoms with Gasteiger partial charge in [0.15, 0.2) is 0 Å². The predicted octanol–water partition coefficient (Wildman–Crippen LogP) is 3.92. The number of carbonyl (C=O) groups is 1. The maximum absolute atomic E-state index is 10.9. The Balaban J connectivity index is 2.55. The second-order valence-electron chi connectivity index (χ2n) is 4.12. The van der Waals surface area contributed by atoms with Crippen molar-refractivity contribution in [3.05, 3.63) is 21.4 Å². The highest BCUT2D eigenvalue weighted by atomic mass is 32.1. The monoisotopic (exact) mass is 224 g/mol. The molecule has 15 heavy (non-hydrogen) atoms. The zero-order valence-electron chi connectivity index (χ0n) is 9.93. The molecule has 0 aliphatic heterocycles. The molecular weight excluding hydrogens is 204 g/mol. The van der Waals surface area contributed by atoms with Gasteiger partial charge < -0.3 is 4.79 Å². The molecule has 84 valence electrons. The average molecular weight is 224 g/mol. The van der Waals surface area contributed by atoms with Gasteiger partial charge >= 0.3 is 0 Å². The van der Waals surface area contributed by atoms with E-state index in [1.807, 2.05) is 11.3 Å². The smallest absolute Gasteiger partial charge is 0.130 e. The van der Waals surface area contributed by atoms with Gasteiger partial charge in [0, 0.05) is 16.2 Å². The molecule has 0 radical (unpaired) electrons. The molecule has 1 rings (SSSR count). The molecule has 0 aliphatic carbocycles. The Morgan fingerprint density at radius 1 is 1.40 bits per heavy atom. The van der Waals surface area contributed by atoms with E-state index < -0.39 is 0 Å². The molecule has 0 atom stereocenters. The van der Waals surface area contributed by atoms with Crippen LogP contribution in [0.3, 0.4) is 0 Å². The Hall–Kier alpha value is -0.630. The lowest BCUT2D eigenvalue weighted by atomic mass is 10.1. The van der Waals surface area contributed by atoms with E-state index >= 15 is 0 Å². The van der Waals surface area contributed by atoms with Gasteiger partial charge in [-0.2, -0.15) is 0 Å². The van der Waals surface area contributed by atoms with Crippen LogP contribution in [0.5, 0.6) is 0 Å². The molecule has 1 heterocycles. The summed E-state index contributed by atoms with van der Waals surface area (Å²) < 4.78 is 0. The Morgan fingerprint density at radius 2 is 2.13 bits per heavy atom.